The predicted octanol–water partition coefficient (Wildman–Crippen LogP) is 2.16. The molecule has 18 heavy (non-hydrogen) atoms. The molecule has 1 amide bonds. The molecule has 0 atom stereocenters. The van der Waals surface area contributed by atoms with Gasteiger partial charge in [0.2, 0.25) is 0 Å². The zero-order valence-corrected chi connectivity index (χ0v) is 11.7. The standard InChI is InChI=1S/C13H20ClN3O/c1-15-6-3-7-16(2)13(18)12-8-10(14)9-17(12)11-4-5-11/h8-9,11,15H,3-7H2,1-2H3. The number of carbonyl (C=O) groups excluding carboxylic acids is 1. The molecule has 1 aromatic heterocycles. The van der Waals surface area contributed by atoms with Crippen LogP contribution < -0.4 is 5.32 Å². The summed E-state index contributed by atoms with van der Waals surface area (Å²) in [6.07, 6.45) is 5.12. The van der Waals surface area contributed by atoms with E-state index >= 15 is 0 Å². The van der Waals surface area contributed by atoms with E-state index in [1.54, 1.807) is 11.0 Å². The molecule has 4 nitrogen and oxygen atoms in total. The number of rotatable bonds is 6. The molecule has 1 aliphatic carbocycles. The van der Waals surface area contributed by atoms with Crippen molar-refractivity contribution in [3.63, 3.8) is 0 Å². The van der Waals surface area contributed by atoms with Gasteiger partial charge in [-0.25, -0.2) is 0 Å². The third kappa shape index (κ3) is 3.06. The number of carbonyl (C=O) groups is 1. The Morgan fingerprint density at radius 1 is 1.61 bits per heavy atom. The number of aromatic nitrogens is 1. The highest BCUT2D eigenvalue weighted by Gasteiger charge is 2.28. The van der Waals surface area contributed by atoms with Crippen molar-refractivity contribution < 1.29 is 4.79 Å². The molecule has 1 saturated carbocycles. The van der Waals surface area contributed by atoms with Crippen LogP contribution in [0.1, 0.15) is 35.8 Å². The minimum Gasteiger partial charge on any atom is -0.340 e. The average molecular weight is 270 g/mol. The molecule has 0 bridgehead atoms. The van der Waals surface area contributed by atoms with Crippen LogP contribution in [0.3, 0.4) is 0 Å². The quantitative estimate of drug-likeness (QED) is 0.804. The number of nitrogens with one attached hydrogen (secondary N) is 1. The normalized spacial score (nSPS) is 14.8. The molecule has 0 aliphatic heterocycles. The summed E-state index contributed by atoms with van der Waals surface area (Å²) in [7, 11) is 3.76. The van der Waals surface area contributed by atoms with Gasteiger partial charge in [0.1, 0.15) is 5.69 Å². The molecule has 1 aromatic rings. The summed E-state index contributed by atoms with van der Waals surface area (Å²) in [6, 6.07) is 2.25. The summed E-state index contributed by atoms with van der Waals surface area (Å²) in [6.45, 7) is 1.68. The van der Waals surface area contributed by atoms with E-state index in [4.69, 9.17) is 11.6 Å². The van der Waals surface area contributed by atoms with Crippen molar-refractivity contribution in [1.29, 1.82) is 0 Å². The fourth-order valence-electron chi connectivity index (χ4n) is 2.06. The lowest BCUT2D eigenvalue weighted by Gasteiger charge is -2.18. The number of halogens is 1. The van der Waals surface area contributed by atoms with Gasteiger partial charge in [0.15, 0.2) is 0 Å². The summed E-state index contributed by atoms with van der Waals surface area (Å²) < 4.78 is 2.03. The van der Waals surface area contributed by atoms with E-state index in [0.29, 0.717) is 11.1 Å². The molecule has 0 aromatic carbocycles. The Morgan fingerprint density at radius 3 is 2.94 bits per heavy atom. The second-order valence-electron chi connectivity index (χ2n) is 4.87. The van der Waals surface area contributed by atoms with Crippen molar-refractivity contribution in [2.24, 2.45) is 0 Å². The Labute approximate surface area is 113 Å². The van der Waals surface area contributed by atoms with Crippen LogP contribution >= 0.6 is 11.6 Å². The highest BCUT2D eigenvalue weighted by atomic mass is 35.5. The first-order chi connectivity index (χ1) is 8.63. The first-order valence-electron chi connectivity index (χ1n) is 6.41. The molecule has 100 valence electrons. The lowest BCUT2D eigenvalue weighted by atomic mass is 10.3. The maximum absolute atomic E-state index is 12.3. The van der Waals surface area contributed by atoms with Crippen molar-refractivity contribution in [2.75, 3.05) is 27.2 Å². The van der Waals surface area contributed by atoms with Crippen molar-refractivity contribution in [1.82, 2.24) is 14.8 Å². The smallest absolute Gasteiger partial charge is 0.270 e. The molecular weight excluding hydrogens is 250 g/mol. The van der Waals surface area contributed by atoms with Gasteiger partial charge in [-0.3, -0.25) is 4.79 Å². The summed E-state index contributed by atoms with van der Waals surface area (Å²) in [5.41, 5.74) is 0.717. The molecule has 0 spiro atoms. The molecule has 2 rings (SSSR count). The largest absolute Gasteiger partial charge is 0.340 e. The SMILES string of the molecule is CNCCCN(C)C(=O)c1cc(Cl)cn1C1CC1. The molecule has 0 unspecified atom stereocenters. The number of hydrogen-bond acceptors (Lipinski definition) is 2. The fourth-order valence-corrected chi connectivity index (χ4v) is 2.27. The van der Waals surface area contributed by atoms with E-state index in [-0.39, 0.29) is 5.91 Å². The summed E-state index contributed by atoms with van der Waals surface area (Å²) in [4.78, 5) is 14.1. The minimum absolute atomic E-state index is 0.0601. The van der Waals surface area contributed by atoms with Crippen molar-refractivity contribution in [3.05, 3.63) is 23.0 Å². The average Bonchev–Trinajstić information content (AvgIpc) is 3.12. The van der Waals surface area contributed by atoms with Crippen LogP contribution in [-0.2, 0) is 0 Å². The summed E-state index contributed by atoms with van der Waals surface area (Å²) in [5.74, 6) is 0.0601. The highest BCUT2D eigenvalue weighted by Crippen LogP contribution is 2.37. The summed E-state index contributed by atoms with van der Waals surface area (Å²) in [5, 5.41) is 3.73. The molecule has 1 heterocycles. The van der Waals surface area contributed by atoms with Crippen LogP contribution in [-0.4, -0.2) is 42.6 Å². The number of amides is 1. The van der Waals surface area contributed by atoms with Crippen LogP contribution in [0.15, 0.2) is 12.3 Å². The van der Waals surface area contributed by atoms with Gasteiger partial charge in [-0.1, -0.05) is 11.6 Å². The summed E-state index contributed by atoms with van der Waals surface area (Å²) >= 11 is 6.01. The Bertz CT molecular complexity index is 426. The Hall–Kier alpha value is -1.00. The molecule has 1 N–H and O–H groups in total. The van der Waals surface area contributed by atoms with E-state index in [9.17, 15) is 4.79 Å². The fraction of sp³-hybridized carbons (Fsp3) is 0.615. The molecule has 0 saturated heterocycles. The van der Waals surface area contributed by atoms with Crippen LogP contribution in [0.4, 0.5) is 0 Å². The first kappa shape index (κ1) is 13.4. The molecule has 0 radical (unpaired) electrons. The van der Waals surface area contributed by atoms with Crippen LogP contribution in [0.2, 0.25) is 5.02 Å². The van der Waals surface area contributed by atoms with Crippen molar-refractivity contribution in [3.8, 4) is 0 Å². The molecule has 1 aliphatic rings. The van der Waals surface area contributed by atoms with Crippen LogP contribution in [0.5, 0.6) is 0 Å². The van der Waals surface area contributed by atoms with Gasteiger partial charge in [-0.15, -0.1) is 0 Å². The predicted molar refractivity (Wildman–Crippen MR) is 73.2 cm³/mol. The zero-order valence-electron chi connectivity index (χ0n) is 10.9. The lowest BCUT2D eigenvalue weighted by molar-refractivity contribution is 0.0783. The first-order valence-corrected chi connectivity index (χ1v) is 6.78. The lowest BCUT2D eigenvalue weighted by Crippen LogP contribution is -2.30. The second kappa shape index (κ2) is 5.76. The maximum atomic E-state index is 12.3. The number of nitrogens with zero attached hydrogens (tertiary/aromatic N) is 2. The molecular formula is C13H20ClN3O. The highest BCUT2D eigenvalue weighted by molar-refractivity contribution is 6.31. The van der Waals surface area contributed by atoms with Gasteiger partial charge in [-0.2, -0.15) is 0 Å². The topological polar surface area (TPSA) is 37.3 Å². The van der Waals surface area contributed by atoms with Gasteiger partial charge >= 0.3 is 0 Å². The molecule has 5 heteroatoms. The van der Waals surface area contributed by atoms with Gasteiger partial charge in [-0.05, 0) is 38.9 Å². The van der Waals surface area contributed by atoms with Gasteiger partial charge in [0, 0.05) is 25.8 Å². The third-order valence-corrected chi connectivity index (χ3v) is 3.45. The molecule has 1 fully saturated rings. The maximum Gasteiger partial charge on any atom is 0.270 e. The van der Waals surface area contributed by atoms with Crippen molar-refractivity contribution >= 4 is 17.5 Å². The van der Waals surface area contributed by atoms with Crippen LogP contribution in [0, 0.1) is 0 Å². The van der Waals surface area contributed by atoms with Gasteiger partial charge in [0.25, 0.3) is 5.91 Å². The third-order valence-electron chi connectivity index (χ3n) is 3.24. The second-order valence-corrected chi connectivity index (χ2v) is 5.30. The van der Waals surface area contributed by atoms with E-state index in [2.05, 4.69) is 5.32 Å². The Morgan fingerprint density at radius 2 is 2.33 bits per heavy atom. The Kier molecular flexibility index (Phi) is 4.30. The zero-order chi connectivity index (χ0) is 13.1. The monoisotopic (exact) mass is 269 g/mol. The van der Waals surface area contributed by atoms with Crippen LogP contribution in [0.25, 0.3) is 0 Å². The number of hydrogen-bond donors (Lipinski definition) is 1. The van der Waals surface area contributed by atoms with E-state index in [0.717, 1.165) is 38.0 Å². The van der Waals surface area contributed by atoms with Gasteiger partial charge < -0.3 is 14.8 Å². The van der Waals surface area contributed by atoms with Gasteiger partial charge in [0.05, 0.1) is 5.02 Å². The Balaban J connectivity index is 2.03. The van der Waals surface area contributed by atoms with E-state index < -0.39 is 0 Å². The van der Waals surface area contributed by atoms with Crippen molar-refractivity contribution in [2.45, 2.75) is 25.3 Å². The minimum atomic E-state index is 0.0601. The van der Waals surface area contributed by atoms with E-state index in [1.165, 1.54) is 0 Å². The van der Waals surface area contributed by atoms with E-state index in [1.807, 2.05) is 24.9 Å².